The molecule has 1 aliphatic heterocycles. The molecule has 116 valence electrons. The molecule has 4 nitrogen and oxygen atoms in total. The van der Waals surface area contributed by atoms with Gasteiger partial charge in [-0.15, -0.1) is 0 Å². The number of carbonyl (C=O) groups is 1. The van der Waals surface area contributed by atoms with Gasteiger partial charge in [0.2, 0.25) is 0 Å². The molecule has 5 heteroatoms. The van der Waals surface area contributed by atoms with Crippen LogP contribution in [0.2, 0.25) is 5.02 Å². The van der Waals surface area contributed by atoms with E-state index in [4.69, 9.17) is 11.6 Å². The summed E-state index contributed by atoms with van der Waals surface area (Å²) in [5.74, 6) is 0. The second-order valence-corrected chi connectivity index (χ2v) is 6.60. The molecule has 2 amide bonds. The van der Waals surface area contributed by atoms with Crippen molar-refractivity contribution in [3.8, 4) is 0 Å². The Hall–Kier alpha value is -1.26. The van der Waals surface area contributed by atoms with Crippen LogP contribution >= 0.6 is 11.6 Å². The second-order valence-electron chi connectivity index (χ2n) is 6.19. The van der Waals surface area contributed by atoms with Crippen LogP contribution < -0.4 is 5.32 Å². The topological polar surface area (TPSA) is 52.6 Å². The van der Waals surface area contributed by atoms with E-state index in [2.05, 4.69) is 19.2 Å². The number of likely N-dealkylation sites (tertiary alicyclic amines) is 1. The van der Waals surface area contributed by atoms with Gasteiger partial charge in [0.1, 0.15) is 0 Å². The van der Waals surface area contributed by atoms with Crippen molar-refractivity contribution >= 4 is 17.6 Å². The predicted octanol–water partition coefficient (Wildman–Crippen LogP) is 2.78. The van der Waals surface area contributed by atoms with Crippen LogP contribution in [-0.4, -0.2) is 41.8 Å². The summed E-state index contributed by atoms with van der Waals surface area (Å²) in [7, 11) is 0. The highest BCUT2D eigenvalue weighted by atomic mass is 35.5. The Morgan fingerprint density at radius 2 is 2.19 bits per heavy atom. The van der Waals surface area contributed by atoms with E-state index in [1.807, 2.05) is 24.3 Å². The number of urea groups is 1. The van der Waals surface area contributed by atoms with Gasteiger partial charge in [-0.1, -0.05) is 43.6 Å². The van der Waals surface area contributed by atoms with Crippen LogP contribution in [0.4, 0.5) is 4.79 Å². The van der Waals surface area contributed by atoms with Gasteiger partial charge in [0.05, 0.1) is 12.6 Å². The molecule has 2 rings (SSSR count). The summed E-state index contributed by atoms with van der Waals surface area (Å²) in [6.45, 7) is 5.36. The molecule has 1 heterocycles. The third-order valence-corrected chi connectivity index (χ3v) is 4.46. The van der Waals surface area contributed by atoms with E-state index in [0.29, 0.717) is 18.1 Å². The third kappa shape index (κ3) is 3.69. The fourth-order valence-electron chi connectivity index (χ4n) is 2.80. The summed E-state index contributed by atoms with van der Waals surface area (Å²) in [4.78, 5) is 14.0. The lowest BCUT2D eigenvalue weighted by molar-refractivity contribution is 0.156. The standard InChI is InChI=1S/C16H23ClN2O2/c1-16(2,13-7-3-4-8-14(13)17)11-18-15(21)19-9-5-6-12(19)10-20/h3-4,7-8,12,20H,5-6,9-11H2,1-2H3,(H,18,21)/t12-/m0/s1. The zero-order valence-electron chi connectivity index (χ0n) is 12.6. The van der Waals surface area contributed by atoms with Crippen molar-refractivity contribution in [2.75, 3.05) is 19.7 Å². The predicted molar refractivity (Wildman–Crippen MR) is 84.7 cm³/mol. The Morgan fingerprint density at radius 3 is 2.86 bits per heavy atom. The third-order valence-electron chi connectivity index (χ3n) is 4.13. The molecule has 21 heavy (non-hydrogen) atoms. The summed E-state index contributed by atoms with van der Waals surface area (Å²) in [6.07, 6.45) is 1.82. The minimum Gasteiger partial charge on any atom is -0.394 e. The van der Waals surface area contributed by atoms with Gasteiger partial charge in [0, 0.05) is 23.5 Å². The van der Waals surface area contributed by atoms with Crippen LogP contribution in [0.3, 0.4) is 0 Å². The van der Waals surface area contributed by atoms with Crippen molar-refractivity contribution in [2.24, 2.45) is 0 Å². The number of aliphatic hydroxyl groups is 1. The van der Waals surface area contributed by atoms with Gasteiger partial charge in [-0.05, 0) is 24.5 Å². The van der Waals surface area contributed by atoms with Gasteiger partial charge in [-0.25, -0.2) is 4.79 Å². The summed E-state index contributed by atoms with van der Waals surface area (Å²) in [6, 6.07) is 7.55. The number of halogens is 1. The average Bonchev–Trinajstić information content (AvgIpc) is 2.93. The number of rotatable bonds is 4. The normalized spacial score (nSPS) is 18.9. The molecule has 1 aromatic rings. The number of hydrogen-bond acceptors (Lipinski definition) is 2. The van der Waals surface area contributed by atoms with Crippen molar-refractivity contribution in [1.29, 1.82) is 0 Å². The minimum absolute atomic E-state index is 0.0291. The van der Waals surface area contributed by atoms with E-state index < -0.39 is 0 Å². The fourth-order valence-corrected chi connectivity index (χ4v) is 3.19. The zero-order chi connectivity index (χ0) is 15.5. The molecule has 0 bridgehead atoms. The molecule has 1 atom stereocenters. The van der Waals surface area contributed by atoms with Gasteiger partial charge in [0.15, 0.2) is 0 Å². The SMILES string of the molecule is CC(C)(CNC(=O)N1CCC[C@H]1CO)c1ccccc1Cl. The first kappa shape index (κ1) is 16.1. The monoisotopic (exact) mass is 310 g/mol. The zero-order valence-corrected chi connectivity index (χ0v) is 13.4. The maximum atomic E-state index is 12.2. The first-order valence-corrected chi connectivity index (χ1v) is 7.74. The molecule has 0 radical (unpaired) electrons. The first-order chi connectivity index (χ1) is 9.95. The first-order valence-electron chi connectivity index (χ1n) is 7.36. The van der Waals surface area contributed by atoms with Crippen molar-refractivity contribution in [2.45, 2.75) is 38.1 Å². The van der Waals surface area contributed by atoms with E-state index in [0.717, 1.165) is 18.4 Å². The van der Waals surface area contributed by atoms with Gasteiger partial charge in [0.25, 0.3) is 0 Å². The highest BCUT2D eigenvalue weighted by Crippen LogP contribution is 2.29. The number of aliphatic hydroxyl groups excluding tert-OH is 1. The molecule has 0 aliphatic carbocycles. The van der Waals surface area contributed by atoms with E-state index >= 15 is 0 Å². The highest BCUT2D eigenvalue weighted by Gasteiger charge is 2.30. The summed E-state index contributed by atoms with van der Waals surface area (Å²) < 4.78 is 0. The lowest BCUT2D eigenvalue weighted by atomic mass is 9.84. The Bertz CT molecular complexity index is 505. The van der Waals surface area contributed by atoms with Crippen LogP contribution in [0.5, 0.6) is 0 Å². The van der Waals surface area contributed by atoms with Gasteiger partial charge < -0.3 is 15.3 Å². The molecule has 2 N–H and O–H groups in total. The van der Waals surface area contributed by atoms with Gasteiger partial charge >= 0.3 is 6.03 Å². The Labute approximate surface area is 131 Å². The van der Waals surface area contributed by atoms with E-state index in [-0.39, 0.29) is 24.1 Å². The molecular weight excluding hydrogens is 288 g/mol. The minimum atomic E-state index is -0.248. The maximum absolute atomic E-state index is 12.2. The average molecular weight is 311 g/mol. The van der Waals surface area contributed by atoms with Crippen LogP contribution in [0.1, 0.15) is 32.3 Å². The van der Waals surface area contributed by atoms with E-state index in [1.165, 1.54) is 0 Å². The van der Waals surface area contributed by atoms with Crippen LogP contribution in [0.15, 0.2) is 24.3 Å². The lowest BCUT2D eigenvalue weighted by Gasteiger charge is -2.29. The molecule has 0 unspecified atom stereocenters. The Morgan fingerprint density at radius 1 is 1.48 bits per heavy atom. The van der Waals surface area contributed by atoms with Crippen molar-refractivity contribution in [1.82, 2.24) is 10.2 Å². The summed E-state index contributed by atoms with van der Waals surface area (Å²) in [5.41, 5.74) is 0.773. The maximum Gasteiger partial charge on any atom is 0.317 e. The van der Waals surface area contributed by atoms with Crippen molar-refractivity contribution in [3.63, 3.8) is 0 Å². The fraction of sp³-hybridized carbons (Fsp3) is 0.562. The summed E-state index contributed by atoms with van der Waals surface area (Å²) in [5, 5.41) is 13.0. The van der Waals surface area contributed by atoms with Gasteiger partial charge in [-0.3, -0.25) is 0 Å². The number of nitrogens with zero attached hydrogens (tertiary/aromatic N) is 1. The van der Waals surface area contributed by atoms with E-state index in [1.54, 1.807) is 4.90 Å². The molecule has 0 aromatic heterocycles. The van der Waals surface area contributed by atoms with Crippen molar-refractivity contribution < 1.29 is 9.90 Å². The molecule has 1 fully saturated rings. The molecule has 0 spiro atoms. The van der Waals surface area contributed by atoms with Gasteiger partial charge in [-0.2, -0.15) is 0 Å². The van der Waals surface area contributed by atoms with Crippen molar-refractivity contribution in [3.05, 3.63) is 34.9 Å². The highest BCUT2D eigenvalue weighted by molar-refractivity contribution is 6.31. The molecule has 1 aliphatic rings. The number of amides is 2. The molecule has 1 saturated heterocycles. The summed E-state index contributed by atoms with van der Waals surface area (Å²) >= 11 is 6.24. The van der Waals surface area contributed by atoms with E-state index in [9.17, 15) is 9.90 Å². The number of nitrogens with one attached hydrogen (secondary N) is 1. The molecule has 0 saturated carbocycles. The largest absolute Gasteiger partial charge is 0.394 e. The van der Waals surface area contributed by atoms with Crippen LogP contribution in [0, 0.1) is 0 Å². The second kappa shape index (κ2) is 6.67. The molecular formula is C16H23ClN2O2. The molecule has 1 aromatic carbocycles. The Kier molecular flexibility index (Phi) is 5.12. The number of benzene rings is 1. The lowest BCUT2D eigenvalue weighted by Crippen LogP contribution is -2.47. The Balaban J connectivity index is 1.98. The smallest absolute Gasteiger partial charge is 0.317 e. The van der Waals surface area contributed by atoms with Crippen LogP contribution in [0.25, 0.3) is 0 Å². The van der Waals surface area contributed by atoms with Crippen LogP contribution in [-0.2, 0) is 5.41 Å². The quantitative estimate of drug-likeness (QED) is 0.898. The number of carbonyl (C=O) groups excluding carboxylic acids is 1. The number of hydrogen-bond donors (Lipinski definition) is 2.